The lowest BCUT2D eigenvalue weighted by molar-refractivity contribution is -0.385. The van der Waals surface area contributed by atoms with Gasteiger partial charge in [0.05, 0.1) is 16.1 Å². The number of benzene rings is 2. The standard InChI is InChI=1S/C17H24F3N3O2.C7H3F4NO2/c1-16(2,3)25-15(24)22-9-11-6-7-23(10-11)14-5-4-12(21)8-13(14)17(18,19)20;8-6-2-1-4(12(13)14)3-5(6)7(9,10)11/h4-5,8,11H,6-7,9-10,21H2,1-3H3,(H,22,24);1-3H. The molecule has 2 aromatic rings. The number of alkyl halides is 6. The van der Waals surface area contributed by atoms with Gasteiger partial charge in [-0.25, -0.2) is 9.18 Å². The number of nitro groups is 1. The SMILES string of the molecule is CC(C)(C)OC(=O)NCC1CCN(c2ccc(N)cc2C(F)(F)F)C1.O=[N+]([O-])c1ccc(F)c(C(F)(F)F)c1. The van der Waals surface area contributed by atoms with Crippen LogP contribution in [0.25, 0.3) is 0 Å². The number of non-ortho nitro benzene ring substituents is 1. The summed E-state index contributed by atoms with van der Waals surface area (Å²) in [5.74, 6) is -1.46. The molecule has 1 unspecified atom stereocenters. The number of halogens is 7. The van der Waals surface area contributed by atoms with Gasteiger partial charge in [0.1, 0.15) is 11.4 Å². The monoisotopic (exact) mass is 568 g/mol. The van der Waals surface area contributed by atoms with Crippen LogP contribution in [-0.4, -0.2) is 36.3 Å². The second-order valence-electron chi connectivity index (χ2n) is 9.68. The third-order valence-electron chi connectivity index (χ3n) is 5.35. The average molecular weight is 568 g/mol. The van der Waals surface area contributed by atoms with Gasteiger partial charge in [-0.15, -0.1) is 0 Å². The Morgan fingerprint density at radius 2 is 1.69 bits per heavy atom. The highest BCUT2D eigenvalue weighted by atomic mass is 19.4. The van der Waals surface area contributed by atoms with Crippen molar-refractivity contribution in [3.8, 4) is 0 Å². The smallest absolute Gasteiger partial charge is 0.419 e. The minimum atomic E-state index is -4.92. The molecule has 1 heterocycles. The van der Waals surface area contributed by atoms with Crippen LogP contribution in [0.1, 0.15) is 38.3 Å². The van der Waals surface area contributed by atoms with E-state index < -0.39 is 51.6 Å². The fourth-order valence-corrected chi connectivity index (χ4v) is 3.66. The Kier molecular flexibility index (Phi) is 9.63. The van der Waals surface area contributed by atoms with E-state index in [1.165, 1.54) is 12.1 Å². The number of hydrogen-bond acceptors (Lipinski definition) is 6. The molecular weight excluding hydrogens is 541 g/mol. The molecule has 1 amide bonds. The van der Waals surface area contributed by atoms with Crippen molar-refractivity contribution >= 4 is 23.2 Å². The molecule has 39 heavy (non-hydrogen) atoms. The maximum Gasteiger partial charge on any atom is 0.419 e. The Morgan fingerprint density at radius 1 is 1.08 bits per heavy atom. The van der Waals surface area contributed by atoms with E-state index in [9.17, 15) is 45.6 Å². The first-order valence-electron chi connectivity index (χ1n) is 11.5. The first-order valence-corrected chi connectivity index (χ1v) is 11.5. The fourth-order valence-electron chi connectivity index (χ4n) is 3.66. The molecule has 2 aromatic carbocycles. The largest absolute Gasteiger partial charge is 0.444 e. The van der Waals surface area contributed by atoms with Gasteiger partial charge >= 0.3 is 18.4 Å². The fraction of sp³-hybridized carbons (Fsp3) is 0.458. The summed E-state index contributed by atoms with van der Waals surface area (Å²) in [6.07, 6.45) is -9.21. The summed E-state index contributed by atoms with van der Waals surface area (Å²) in [6, 6.07) is 5.08. The lowest BCUT2D eigenvalue weighted by Gasteiger charge is -2.24. The first-order chi connectivity index (χ1) is 17.8. The molecule has 1 saturated heterocycles. The molecule has 3 N–H and O–H groups in total. The Labute approximate surface area is 219 Å². The molecule has 1 fully saturated rings. The van der Waals surface area contributed by atoms with Gasteiger partial charge in [-0.05, 0) is 57.4 Å². The molecule has 15 heteroatoms. The van der Waals surface area contributed by atoms with E-state index in [2.05, 4.69) is 5.32 Å². The van der Waals surface area contributed by atoms with Crippen molar-refractivity contribution in [1.29, 1.82) is 0 Å². The molecule has 1 aliphatic rings. The molecule has 3 rings (SSSR count). The summed E-state index contributed by atoms with van der Waals surface area (Å²) < 4.78 is 93.5. The van der Waals surface area contributed by atoms with Crippen LogP contribution in [-0.2, 0) is 17.1 Å². The van der Waals surface area contributed by atoms with Gasteiger partial charge in [-0.1, -0.05) is 0 Å². The van der Waals surface area contributed by atoms with Crippen molar-refractivity contribution < 1.29 is 45.2 Å². The van der Waals surface area contributed by atoms with E-state index in [0.717, 1.165) is 6.07 Å². The summed E-state index contributed by atoms with van der Waals surface area (Å²) in [4.78, 5) is 22.5. The van der Waals surface area contributed by atoms with Crippen LogP contribution >= 0.6 is 0 Å². The number of ether oxygens (including phenoxy) is 1. The Balaban J connectivity index is 0.000000322. The Bertz CT molecular complexity index is 1180. The Hall–Kier alpha value is -3.78. The average Bonchev–Trinajstić information content (AvgIpc) is 3.24. The van der Waals surface area contributed by atoms with Crippen LogP contribution in [0.4, 0.5) is 52.6 Å². The molecule has 0 aromatic heterocycles. The highest BCUT2D eigenvalue weighted by Gasteiger charge is 2.37. The normalized spacial score (nSPS) is 15.8. The summed E-state index contributed by atoms with van der Waals surface area (Å²) in [6.45, 7) is 6.59. The van der Waals surface area contributed by atoms with Gasteiger partial charge in [-0.3, -0.25) is 10.1 Å². The molecule has 1 aliphatic heterocycles. The maximum atomic E-state index is 13.2. The molecule has 0 spiro atoms. The zero-order valence-electron chi connectivity index (χ0n) is 21.1. The third kappa shape index (κ3) is 9.48. The van der Waals surface area contributed by atoms with Crippen molar-refractivity contribution in [2.75, 3.05) is 30.3 Å². The minimum Gasteiger partial charge on any atom is -0.444 e. The summed E-state index contributed by atoms with van der Waals surface area (Å²) in [5.41, 5.74) is 1.97. The van der Waals surface area contributed by atoms with Crippen molar-refractivity contribution in [3.05, 3.63) is 63.5 Å². The molecule has 0 radical (unpaired) electrons. The van der Waals surface area contributed by atoms with Gasteiger partial charge in [-0.2, -0.15) is 26.3 Å². The van der Waals surface area contributed by atoms with Crippen molar-refractivity contribution in [2.24, 2.45) is 5.92 Å². The summed E-state index contributed by atoms with van der Waals surface area (Å²) in [7, 11) is 0. The van der Waals surface area contributed by atoms with Crippen molar-refractivity contribution in [3.63, 3.8) is 0 Å². The molecule has 216 valence electrons. The van der Waals surface area contributed by atoms with E-state index in [0.29, 0.717) is 38.2 Å². The summed E-state index contributed by atoms with van der Waals surface area (Å²) >= 11 is 0. The zero-order chi connectivity index (χ0) is 29.8. The zero-order valence-corrected chi connectivity index (χ0v) is 21.1. The number of alkyl carbamates (subject to hydrolysis) is 1. The van der Waals surface area contributed by atoms with E-state index in [1.807, 2.05) is 0 Å². The van der Waals surface area contributed by atoms with E-state index in [1.54, 1.807) is 25.7 Å². The summed E-state index contributed by atoms with van der Waals surface area (Å²) in [5, 5.41) is 12.8. The number of anilines is 2. The number of amides is 1. The number of nitro benzene ring substituents is 1. The van der Waals surface area contributed by atoms with Crippen LogP contribution in [0, 0.1) is 21.8 Å². The number of carbonyl (C=O) groups excluding carboxylic acids is 1. The number of nitrogens with one attached hydrogen (secondary N) is 1. The third-order valence-corrected chi connectivity index (χ3v) is 5.35. The van der Waals surface area contributed by atoms with Crippen LogP contribution in [0.2, 0.25) is 0 Å². The van der Waals surface area contributed by atoms with Crippen molar-refractivity contribution in [2.45, 2.75) is 45.1 Å². The van der Waals surface area contributed by atoms with Gasteiger partial charge < -0.3 is 20.7 Å². The predicted octanol–water partition coefficient (Wildman–Crippen LogP) is 6.39. The molecule has 0 saturated carbocycles. The number of nitrogens with two attached hydrogens (primary N) is 1. The molecule has 8 nitrogen and oxygen atoms in total. The molecule has 0 bridgehead atoms. The lowest BCUT2D eigenvalue weighted by atomic mass is 10.1. The van der Waals surface area contributed by atoms with Gasteiger partial charge in [0.15, 0.2) is 0 Å². The van der Waals surface area contributed by atoms with Crippen LogP contribution in [0.5, 0.6) is 0 Å². The number of carbonyl (C=O) groups is 1. The van der Waals surface area contributed by atoms with Crippen molar-refractivity contribution in [1.82, 2.24) is 5.32 Å². The van der Waals surface area contributed by atoms with Gasteiger partial charge in [0.2, 0.25) is 0 Å². The quantitative estimate of drug-likeness (QED) is 0.191. The van der Waals surface area contributed by atoms with E-state index in [-0.39, 0.29) is 23.4 Å². The highest BCUT2D eigenvalue weighted by Crippen LogP contribution is 2.39. The number of nitrogen functional groups attached to an aromatic ring is 1. The molecule has 1 atom stereocenters. The number of nitrogens with zero attached hydrogens (tertiary/aromatic N) is 2. The van der Waals surface area contributed by atoms with E-state index in [4.69, 9.17) is 10.5 Å². The second-order valence-corrected chi connectivity index (χ2v) is 9.68. The van der Waals surface area contributed by atoms with Crippen LogP contribution < -0.4 is 16.0 Å². The lowest BCUT2D eigenvalue weighted by Crippen LogP contribution is -2.36. The second kappa shape index (κ2) is 11.9. The molecular formula is C24H27F7N4O4. The molecule has 0 aliphatic carbocycles. The van der Waals surface area contributed by atoms with Crippen LogP contribution in [0.3, 0.4) is 0 Å². The predicted molar refractivity (Wildman–Crippen MR) is 128 cm³/mol. The van der Waals surface area contributed by atoms with E-state index >= 15 is 0 Å². The minimum absolute atomic E-state index is 0.0613. The maximum absolute atomic E-state index is 13.2. The topological polar surface area (TPSA) is 111 Å². The first kappa shape index (κ1) is 31.4. The number of hydrogen-bond donors (Lipinski definition) is 2. The van der Waals surface area contributed by atoms with Gasteiger partial charge in [0.25, 0.3) is 5.69 Å². The Morgan fingerprint density at radius 3 is 2.23 bits per heavy atom. The number of rotatable bonds is 4. The van der Waals surface area contributed by atoms with Crippen LogP contribution in [0.15, 0.2) is 36.4 Å². The van der Waals surface area contributed by atoms with Gasteiger partial charge in [0, 0.05) is 43.1 Å². The highest BCUT2D eigenvalue weighted by molar-refractivity contribution is 5.67.